The molecule has 0 spiro atoms. The molecule has 0 amide bonds. The number of rotatable bonds is 4. The molecule has 0 radical (unpaired) electrons. The third-order valence-electron chi connectivity index (χ3n) is 4.71. The van der Waals surface area contributed by atoms with Gasteiger partial charge in [0.25, 0.3) is 6.43 Å². The van der Waals surface area contributed by atoms with E-state index in [-0.39, 0.29) is 16.9 Å². The molecule has 4 heterocycles. The summed E-state index contributed by atoms with van der Waals surface area (Å²) in [6.45, 7) is 1.64. The van der Waals surface area contributed by atoms with Crippen molar-refractivity contribution < 1.29 is 13.2 Å². The number of nitrogens with zero attached hydrogens (tertiary/aromatic N) is 7. The predicted molar refractivity (Wildman–Crippen MR) is 104 cm³/mol. The molecular formula is C20H15F2N7O. The van der Waals surface area contributed by atoms with Crippen LogP contribution in [0.25, 0.3) is 39.6 Å². The van der Waals surface area contributed by atoms with Crippen LogP contribution in [0.3, 0.4) is 0 Å². The van der Waals surface area contributed by atoms with E-state index in [4.69, 9.17) is 4.42 Å². The largest absolute Gasteiger partial charge is 0.421 e. The molecule has 1 aromatic carbocycles. The van der Waals surface area contributed by atoms with Gasteiger partial charge in [-0.1, -0.05) is 18.2 Å². The molecule has 4 aromatic heterocycles. The molecule has 150 valence electrons. The number of fused-ring (bicyclic) bond motifs is 1. The van der Waals surface area contributed by atoms with E-state index < -0.39 is 12.1 Å². The highest BCUT2D eigenvalue weighted by molar-refractivity contribution is 5.95. The van der Waals surface area contributed by atoms with Crippen LogP contribution in [0.15, 0.2) is 53.1 Å². The maximum absolute atomic E-state index is 14.0. The Balaban J connectivity index is 1.91. The molecule has 0 aliphatic carbocycles. The molecule has 5 rings (SSSR count). The Hall–Kier alpha value is -3.95. The molecule has 0 aliphatic rings. The first-order valence-electron chi connectivity index (χ1n) is 9.09. The van der Waals surface area contributed by atoms with E-state index in [1.54, 1.807) is 61.2 Å². The minimum atomic E-state index is -2.82. The Morgan fingerprint density at radius 1 is 1.07 bits per heavy atom. The van der Waals surface area contributed by atoms with Crippen molar-refractivity contribution in [2.45, 2.75) is 13.3 Å². The lowest BCUT2D eigenvalue weighted by Gasteiger charge is -2.07. The van der Waals surface area contributed by atoms with Crippen molar-refractivity contribution in [1.82, 2.24) is 34.7 Å². The minimum absolute atomic E-state index is 0.123. The van der Waals surface area contributed by atoms with Gasteiger partial charge in [-0.2, -0.15) is 10.2 Å². The molecule has 5 aromatic rings. The average molecular weight is 407 g/mol. The SMILES string of the molecule is Cc1nnc(-c2cc(-c3ccnn3C)nc3c2c(C(F)F)nn3-c2ccccc2)o1. The van der Waals surface area contributed by atoms with Crippen LogP contribution in [0.2, 0.25) is 0 Å². The minimum Gasteiger partial charge on any atom is -0.421 e. The van der Waals surface area contributed by atoms with Crippen LogP contribution < -0.4 is 0 Å². The molecule has 0 atom stereocenters. The quantitative estimate of drug-likeness (QED) is 0.445. The van der Waals surface area contributed by atoms with Gasteiger partial charge in [0.15, 0.2) is 5.65 Å². The number of halogens is 2. The molecule has 0 N–H and O–H groups in total. The Labute approximate surface area is 168 Å². The molecule has 8 nitrogen and oxygen atoms in total. The summed E-state index contributed by atoms with van der Waals surface area (Å²) in [5.74, 6) is 0.448. The third-order valence-corrected chi connectivity index (χ3v) is 4.71. The van der Waals surface area contributed by atoms with Crippen molar-refractivity contribution in [3.8, 4) is 28.5 Å². The van der Waals surface area contributed by atoms with Gasteiger partial charge >= 0.3 is 0 Å². The normalized spacial score (nSPS) is 11.6. The first-order chi connectivity index (χ1) is 14.5. The predicted octanol–water partition coefficient (Wildman–Crippen LogP) is 4.12. The van der Waals surface area contributed by atoms with Crippen LogP contribution in [-0.4, -0.2) is 34.7 Å². The maximum Gasteiger partial charge on any atom is 0.282 e. The number of hydrogen-bond donors (Lipinski definition) is 0. The van der Waals surface area contributed by atoms with E-state index >= 15 is 0 Å². The first kappa shape index (κ1) is 18.1. The van der Waals surface area contributed by atoms with Crippen LogP contribution in [0.4, 0.5) is 8.78 Å². The van der Waals surface area contributed by atoms with Crippen LogP contribution in [0.1, 0.15) is 18.0 Å². The van der Waals surface area contributed by atoms with Gasteiger partial charge in [0.05, 0.1) is 28.0 Å². The summed E-state index contributed by atoms with van der Waals surface area (Å²) in [5.41, 5.74) is 2.04. The fourth-order valence-corrected chi connectivity index (χ4v) is 3.37. The van der Waals surface area contributed by atoms with E-state index in [0.717, 1.165) is 0 Å². The van der Waals surface area contributed by atoms with Crippen LogP contribution >= 0.6 is 0 Å². The molecule has 0 saturated heterocycles. The first-order valence-corrected chi connectivity index (χ1v) is 9.09. The molecule has 0 aliphatic heterocycles. The van der Waals surface area contributed by atoms with Crippen molar-refractivity contribution in [3.05, 3.63) is 60.2 Å². The molecule has 0 fully saturated rings. The number of para-hydroxylation sites is 1. The highest BCUT2D eigenvalue weighted by Crippen LogP contribution is 2.37. The van der Waals surface area contributed by atoms with Gasteiger partial charge < -0.3 is 4.42 Å². The van der Waals surface area contributed by atoms with Gasteiger partial charge in [0, 0.05) is 20.2 Å². The summed E-state index contributed by atoms with van der Waals surface area (Å²) in [7, 11) is 1.77. The van der Waals surface area contributed by atoms with E-state index in [9.17, 15) is 8.78 Å². The van der Waals surface area contributed by atoms with Crippen molar-refractivity contribution in [3.63, 3.8) is 0 Å². The molecular weight excluding hydrogens is 392 g/mol. The lowest BCUT2D eigenvalue weighted by molar-refractivity contribution is 0.147. The van der Waals surface area contributed by atoms with Gasteiger partial charge in [-0.15, -0.1) is 10.2 Å². The highest BCUT2D eigenvalue weighted by Gasteiger charge is 2.27. The zero-order valence-electron chi connectivity index (χ0n) is 16.0. The van der Waals surface area contributed by atoms with Crippen LogP contribution in [-0.2, 0) is 7.05 Å². The smallest absolute Gasteiger partial charge is 0.282 e. The van der Waals surface area contributed by atoms with Crippen LogP contribution in [0.5, 0.6) is 0 Å². The number of aryl methyl sites for hydroxylation is 2. The van der Waals surface area contributed by atoms with Gasteiger partial charge in [0.2, 0.25) is 11.8 Å². The van der Waals surface area contributed by atoms with Crippen molar-refractivity contribution in [2.75, 3.05) is 0 Å². The second kappa shape index (κ2) is 6.83. The Morgan fingerprint density at radius 2 is 1.87 bits per heavy atom. The average Bonchev–Trinajstić information content (AvgIpc) is 3.46. The van der Waals surface area contributed by atoms with Crippen LogP contribution in [0, 0.1) is 6.92 Å². The molecule has 10 heteroatoms. The van der Waals surface area contributed by atoms with E-state index in [1.165, 1.54) is 4.68 Å². The summed E-state index contributed by atoms with van der Waals surface area (Å²) in [5, 5.41) is 16.4. The molecule has 30 heavy (non-hydrogen) atoms. The zero-order chi connectivity index (χ0) is 20.8. The molecule has 0 saturated carbocycles. The van der Waals surface area contributed by atoms with Crippen molar-refractivity contribution in [2.24, 2.45) is 7.05 Å². The topological polar surface area (TPSA) is 87.5 Å². The Kier molecular flexibility index (Phi) is 4.12. The number of aromatic nitrogens is 7. The number of benzene rings is 1. The number of alkyl halides is 2. The highest BCUT2D eigenvalue weighted by atomic mass is 19.3. The van der Waals surface area contributed by atoms with Crippen molar-refractivity contribution in [1.29, 1.82) is 0 Å². The number of pyridine rings is 1. The fourth-order valence-electron chi connectivity index (χ4n) is 3.37. The summed E-state index contributed by atoms with van der Waals surface area (Å²) < 4.78 is 36.6. The summed E-state index contributed by atoms with van der Waals surface area (Å²) in [6, 6.07) is 12.4. The second-order valence-electron chi connectivity index (χ2n) is 6.65. The van der Waals surface area contributed by atoms with E-state index in [0.29, 0.717) is 28.5 Å². The van der Waals surface area contributed by atoms with Gasteiger partial charge in [-0.3, -0.25) is 4.68 Å². The van der Waals surface area contributed by atoms with Crippen molar-refractivity contribution >= 4 is 11.0 Å². The fraction of sp³-hybridized carbons (Fsp3) is 0.150. The summed E-state index contributed by atoms with van der Waals surface area (Å²) in [4.78, 5) is 4.67. The zero-order valence-corrected chi connectivity index (χ0v) is 16.0. The van der Waals surface area contributed by atoms with E-state index in [2.05, 4.69) is 25.4 Å². The monoisotopic (exact) mass is 407 g/mol. The standard InChI is InChI=1S/C20H15F2N7O/c1-11-25-26-20(30-11)13-10-14(15-8-9-23-28(15)2)24-19-16(13)17(18(21)22)27-29(19)12-6-4-3-5-7-12/h3-10,18H,1-2H3. The number of hydrogen-bond acceptors (Lipinski definition) is 6. The van der Waals surface area contributed by atoms with Gasteiger partial charge in [-0.05, 0) is 24.3 Å². The second-order valence-corrected chi connectivity index (χ2v) is 6.65. The lowest BCUT2D eigenvalue weighted by atomic mass is 10.1. The lowest BCUT2D eigenvalue weighted by Crippen LogP contribution is -2.00. The Bertz CT molecular complexity index is 1350. The molecule has 0 unspecified atom stereocenters. The Morgan fingerprint density at radius 3 is 2.50 bits per heavy atom. The van der Waals surface area contributed by atoms with E-state index in [1.807, 2.05) is 6.07 Å². The maximum atomic E-state index is 14.0. The summed E-state index contributed by atoms with van der Waals surface area (Å²) in [6.07, 6.45) is -1.18. The molecule has 0 bridgehead atoms. The van der Waals surface area contributed by atoms with Gasteiger partial charge in [0.1, 0.15) is 5.69 Å². The summed E-state index contributed by atoms with van der Waals surface area (Å²) >= 11 is 0. The third kappa shape index (κ3) is 2.84. The van der Waals surface area contributed by atoms with Gasteiger partial charge in [-0.25, -0.2) is 18.4 Å².